The summed E-state index contributed by atoms with van der Waals surface area (Å²) in [6.45, 7) is 1.87. The minimum atomic E-state index is -3.31. The summed E-state index contributed by atoms with van der Waals surface area (Å²) < 4.78 is 22.5. The first-order valence-electron chi connectivity index (χ1n) is 4.77. The minimum absolute atomic E-state index is 0.367. The van der Waals surface area contributed by atoms with Crippen molar-refractivity contribution in [2.45, 2.75) is 18.7 Å². The molecule has 0 radical (unpaired) electrons. The van der Waals surface area contributed by atoms with Crippen LogP contribution in [0, 0.1) is 0 Å². The molecule has 0 N–H and O–H groups in total. The van der Waals surface area contributed by atoms with Crippen LogP contribution in [0.25, 0.3) is 0 Å². The third-order valence-electron chi connectivity index (χ3n) is 2.37. The zero-order valence-electron chi connectivity index (χ0n) is 9.50. The summed E-state index contributed by atoms with van der Waals surface area (Å²) in [6, 6.07) is 1.92. The van der Waals surface area contributed by atoms with E-state index >= 15 is 0 Å². The molecule has 1 rings (SSSR count). The van der Waals surface area contributed by atoms with Crippen LogP contribution >= 0.6 is 11.3 Å². The molecule has 4 nitrogen and oxygen atoms in total. The molecular weight excluding hydrogens is 246 g/mol. The van der Waals surface area contributed by atoms with Gasteiger partial charge in [0.25, 0.3) is 0 Å². The van der Waals surface area contributed by atoms with Crippen LogP contribution in [0.1, 0.15) is 12.5 Å². The molecular formula is C10H15NO3S2. The topological polar surface area (TPSA) is 54.5 Å². The summed E-state index contributed by atoms with van der Waals surface area (Å²) in [5, 5.41) is 2.89. The number of thiophene rings is 1. The first kappa shape index (κ1) is 13.2. The third-order valence-corrected chi connectivity index (χ3v) is 4.58. The van der Waals surface area contributed by atoms with Crippen molar-refractivity contribution in [1.82, 2.24) is 4.90 Å². The van der Waals surface area contributed by atoms with Crippen LogP contribution in [0.5, 0.6) is 0 Å². The summed E-state index contributed by atoms with van der Waals surface area (Å²) in [5.74, 6) is -0.367. The molecule has 0 aliphatic heterocycles. The second-order valence-corrected chi connectivity index (χ2v) is 6.94. The van der Waals surface area contributed by atoms with E-state index in [4.69, 9.17) is 0 Å². The lowest BCUT2D eigenvalue weighted by Crippen LogP contribution is -2.38. The summed E-state index contributed by atoms with van der Waals surface area (Å²) in [5.41, 5.74) is 1.02. The van der Waals surface area contributed by atoms with E-state index in [-0.39, 0.29) is 5.91 Å². The maximum atomic E-state index is 11.8. The minimum Gasteiger partial charge on any atom is -0.340 e. The molecule has 1 amide bonds. The number of carbonyl (C=O) groups excluding carboxylic acids is 1. The lowest BCUT2D eigenvalue weighted by Gasteiger charge is -2.19. The van der Waals surface area contributed by atoms with E-state index in [1.807, 2.05) is 16.8 Å². The Labute approximate surface area is 99.8 Å². The van der Waals surface area contributed by atoms with Gasteiger partial charge in [-0.2, -0.15) is 11.3 Å². The number of nitrogens with zero attached hydrogens (tertiary/aromatic N) is 1. The average Bonchev–Trinajstić information content (AvgIpc) is 2.66. The average molecular weight is 261 g/mol. The van der Waals surface area contributed by atoms with E-state index in [0.717, 1.165) is 11.8 Å². The van der Waals surface area contributed by atoms with E-state index in [9.17, 15) is 13.2 Å². The van der Waals surface area contributed by atoms with E-state index in [1.54, 1.807) is 18.4 Å². The maximum absolute atomic E-state index is 11.8. The van der Waals surface area contributed by atoms with E-state index < -0.39 is 15.1 Å². The summed E-state index contributed by atoms with van der Waals surface area (Å²) in [4.78, 5) is 13.2. The zero-order chi connectivity index (χ0) is 12.3. The molecule has 0 saturated carbocycles. The Bertz CT molecular complexity index is 450. The van der Waals surface area contributed by atoms with Crippen molar-refractivity contribution in [2.24, 2.45) is 0 Å². The number of sulfone groups is 1. The van der Waals surface area contributed by atoms with Crippen LogP contribution in [-0.2, 0) is 21.2 Å². The van der Waals surface area contributed by atoms with Gasteiger partial charge in [-0.25, -0.2) is 8.42 Å². The van der Waals surface area contributed by atoms with Gasteiger partial charge >= 0.3 is 0 Å². The molecule has 90 valence electrons. The first-order chi connectivity index (χ1) is 7.32. The molecule has 1 unspecified atom stereocenters. The zero-order valence-corrected chi connectivity index (χ0v) is 11.1. The maximum Gasteiger partial charge on any atom is 0.240 e. The number of hydrogen-bond donors (Lipinski definition) is 0. The van der Waals surface area contributed by atoms with Gasteiger partial charge < -0.3 is 4.90 Å². The van der Waals surface area contributed by atoms with Crippen molar-refractivity contribution in [2.75, 3.05) is 13.3 Å². The molecule has 1 heterocycles. The quantitative estimate of drug-likeness (QED) is 0.816. The third kappa shape index (κ3) is 3.31. The second kappa shape index (κ2) is 4.97. The lowest BCUT2D eigenvalue weighted by atomic mass is 10.3. The highest BCUT2D eigenvalue weighted by atomic mass is 32.2. The van der Waals surface area contributed by atoms with Crippen LogP contribution in [0.3, 0.4) is 0 Å². The number of rotatable bonds is 4. The Morgan fingerprint density at radius 3 is 2.62 bits per heavy atom. The van der Waals surface area contributed by atoms with Gasteiger partial charge in [-0.05, 0) is 29.3 Å². The molecule has 6 heteroatoms. The van der Waals surface area contributed by atoms with Crippen molar-refractivity contribution in [3.63, 3.8) is 0 Å². The van der Waals surface area contributed by atoms with Gasteiger partial charge in [-0.1, -0.05) is 0 Å². The second-order valence-electron chi connectivity index (χ2n) is 3.80. The van der Waals surface area contributed by atoms with Crippen molar-refractivity contribution in [1.29, 1.82) is 0 Å². The van der Waals surface area contributed by atoms with Crippen molar-refractivity contribution in [3.05, 3.63) is 22.4 Å². The molecule has 1 atom stereocenters. The SMILES string of the molecule is CC(C(=O)N(C)Cc1ccsc1)S(C)(=O)=O. The molecule has 0 aliphatic carbocycles. The first-order valence-corrected chi connectivity index (χ1v) is 7.67. The smallest absolute Gasteiger partial charge is 0.240 e. The van der Waals surface area contributed by atoms with Gasteiger partial charge in [-0.3, -0.25) is 4.79 Å². The van der Waals surface area contributed by atoms with E-state index in [1.165, 1.54) is 11.8 Å². The van der Waals surface area contributed by atoms with Gasteiger partial charge in [-0.15, -0.1) is 0 Å². The largest absolute Gasteiger partial charge is 0.340 e. The van der Waals surface area contributed by atoms with Crippen LogP contribution in [0.15, 0.2) is 16.8 Å². The van der Waals surface area contributed by atoms with Crippen LogP contribution in [0.4, 0.5) is 0 Å². The molecule has 0 spiro atoms. The molecule has 0 bridgehead atoms. The van der Waals surface area contributed by atoms with Crippen LogP contribution < -0.4 is 0 Å². The Morgan fingerprint density at radius 2 is 2.19 bits per heavy atom. The van der Waals surface area contributed by atoms with E-state index in [2.05, 4.69) is 0 Å². The van der Waals surface area contributed by atoms with Crippen molar-refractivity contribution < 1.29 is 13.2 Å². The van der Waals surface area contributed by atoms with Gasteiger partial charge in [0.1, 0.15) is 5.25 Å². The predicted molar refractivity (Wildman–Crippen MR) is 65.1 cm³/mol. The number of hydrogen-bond acceptors (Lipinski definition) is 4. The van der Waals surface area contributed by atoms with Crippen molar-refractivity contribution >= 4 is 27.1 Å². The molecule has 0 fully saturated rings. The lowest BCUT2D eigenvalue weighted by molar-refractivity contribution is -0.129. The predicted octanol–water partition coefficient (Wildman–Crippen LogP) is 1.14. The van der Waals surface area contributed by atoms with Crippen LogP contribution in [-0.4, -0.2) is 37.8 Å². The Morgan fingerprint density at radius 1 is 1.56 bits per heavy atom. The summed E-state index contributed by atoms with van der Waals surface area (Å²) >= 11 is 1.55. The fraction of sp³-hybridized carbons (Fsp3) is 0.500. The Kier molecular flexibility index (Phi) is 4.09. The molecule has 0 aliphatic rings. The van der Waals surface area contributed by atoms with E-state index in [0.29, 0.717) is 6.54 Å². The molecule has 16 heavy (non-hydrogen) atoms. The Balaban J connectivity index is 2.68. The Hall–Kier alpha value is -0.880. The molecule has 1 aromatic rings. The summed E-state index contributed by atoms with van der Waals surface area (Å²) in [6.07, 6.45) is 1.08. The number of amides is 1. The normalized spacial score (nSPS) is 13.4. The highest BCUT2D eigenvalue weighted by molar-refractivity contribution is 7.92. The number of carbonyl (C=O) groups is 1. The van der Waals surface area contributed by atoms with Gasteiger partial charge in [0.15, 0.2) is 9.84 Å². The highest BCUT2D eigenvalue weighted by Crippen LogP contribution is 2.10. The van der Waals surface area contributed by atoms with Gasteiger partial charge in [0.2, 0.25) is 5.91 Å². The van der Waals surface area contributed by atoms with Crippen LogP contribution in [0.2, 0.25) is 0 Å². The van der Waals surface area contributed by atoms with Crippen molar-refractivity contribution in [3.8, 4) is 0 Å². The molecule has 1 aromatic heterocycles. The fourth-order valence-corrected chi connectivity index (χ4v) is 2.43. The fourth-order valence-electron chi connectivity index (χ4n) is 1.23. The molecule has 0 aromatic carbocycles. The standard InChI is InChI=1S/C10H15NO3S2/c1-8(16(3,13)14)10(12)11(2)6-9-4-5-15-7-9/h4-5,7-8H,6H2,1-3H3. The van der Waals surface area contributed by atoms with Gasteiger partial charge in [0, 0.05) is 19.8 Å². The summed E-state index contributed by atoms with van der Waals surface area (Å²) in [7, 11) is -1.70. The molecule has 0 saturated heterocycles. The van der Waals surface area contributed by atoms with Gasteiger partial charge in [0.05, 0.1) is 0 Å². The monoisotopic (exact) mass is 261 g/mol. The highest BCUT2D eigenvalue weighted by Gasteiger charge is 2.26.